The van der Waals surface area contributed by atoms with Gasteiger partial charge in [-0.05, 0) is 4.75 Å². The van der Waals surface area contributed by atoms with Crippen LogP contribution < -0.4 is 57.1 Å². The Hall–Kier alpha value is 1.62. The summed E-state index contributed by atoms with van der Waals surface area (Å²) in [5, 5.41) is 0. The summed E-state index contributed by atoms with van der Waals surface area (Å²) < 4.78 is -0.443. The average Bonchev–Trinajstić information content (AvgIpc) is 1.62. The molecule has 2 N–H and O–H groups in total. The molecule has 9 heavy (non-hydrogen) atoms. The molecule has 1 atom stereocenters. The van der Waals surface area contributed by atoms with Crippen molar-refractivity contribution in [3.63, 3.8) is 0 Å². The van der Waals surface area contributed by atoms with Crippen LogP contribution in [0.25, 0.3) is 0 Å². The molecule has 48 valence electrons. The molecule has 0 radical (unpaired) electrons. The van der Waals surface area contributed by atoms with E-state index in [0.717, 1.165) is 0 Å². The fraction of sp³-hybridized carbons (Fsp3) is 0.800. The minimum absolute atomic E-state index is 0. The summed E-state index contributed by atoms with van der Waals surface area (Å²) in [5.74, 6) is 0. The molecule has 2 nitrogen and oxygen atoms in total. The van der Waals surface area contributed by atoms with Gasteiger partial charge >= 0.3 is 51.4 Å². The van der Waals surface area contributed by atoms with Gasteiger partial charge in [-0.2, -0.15) is 12.6 Å². The second-order valence-electron chi connectivity index (χ2n) is 2.25. The molecular weight excluding hydrogens is 161 g/mol. The summed E-state index contributed by atoms with van der Waals surface area (Å²) in [7, 11) is 0. The van der Waals surface area contributed by atoms with E-state index in [1.165, 1.54) is 0 Å². The first-order valence-corrected chi connectivity index (χ1v) is 2.79. The maximum Gasteiger partial charge on any atom is 1.00 e. The van der Waals surface area contributed by atoms with Crippen LogP contribution in [0.4, 0.5) is 0 Å². The van der Waals surface area contributed by atoms with Gasteiger partial charge in [0, 0.05) is 0 Å². The molecule has 0 aliphatic heterocycles. The van der Waals surface area contributed by atoms with Crippen LogP contribution in [0.3, 0.4) is 0 Å². The molecule has 0 aromatic carbocycles. The normalized spacial score (nSPS) is 13.8. The Kier molecular flexibility index (Phi) is 7.77. The Bertz CT molecular complexity index is 91.4. The van der Waals surface area contributed by atoms with Gasteiger partial charge in [0.25, 0.3) is 0 Å². The topological polar surface area (TPSA) is 43.1 Å². The Labute approximate surface area is 104 Å². The van der Waals surface area contributed by atoms with Gasteiger partial charge in [-0.3, -0.25) is 0 Å². The van der Waals surface area contributed by atoms with E-state index >= 15 is 0 Å². The van der Waals surface area contributed by atoms with Crippen LogP contribution in [0.1, 0.15) is 13.8 Å². The molecule has 0 aliphatic carbocycles. The van der Waals surface area contributed by atoms with Gasteiger partial charge in [-0.25, -0.2) is 6.29 Å². The monoisotopic (exact) mass is 171 g/mol. The molecule has 0 heterocycles. The zero-order chi connectivity index (χ0) is 6.78. The molecule has 0 saturated carbocycles. The van der Waals surface area contributed by atoms with Gasteiger partial charge in [0.2, 0.25) is 0 Å². The Morgan fingerprint density at radius 2 is 2.00 bits per heavy atom. The largest absolute Gasteiger partial charge is 1.00 e. The summed E-state index contributed by atoms with van der Waals surface area (Å²) in [6.45, 7) is 3.54. The number of nitrogens with two attached hydrogens (primary N) is 1. The average molecular weight is 171 g/mol. The van der Waals surface area contributed by atoms with Crippen molar-refractivity contribution in [3.8, 4) is 0 Å². The summed E-state index contributed by atoms with van der Waals surface area (Å²) in [4.78, 5) is 9.85. The van der Waals surface area contributed by atoms with E-state index in [1.807, 2.05) is 0 Å². The van der Waals surface area contributed by atoms with Crippen LogP contribution in [0.15, 0.2) is 0 Å². The number of carbonyl (C=O) groups excluding carboxylic acids is 1. The van der Waals surface area contributed by atoms with Crippen molar-refractivity contribution in [2.75, 3.05) is 0 Å². The van der Waals surface area contributed by atoms with E-state index in [4.69, 9.17) is 5.73 Å². The Morgan fingerprint density at radius 3 is 2.00 bits per heavy atom. The van der Waals surface area contributed by atoms with Crippen LogP contribution in [0.2, 0.25) is 0 Å². The summed E-state index contributed by atoms with van der Waals surface area (Å²) in [5.41, 5.74) is 5.25. The van der Waals surface area contributed by atoms with Gasteiger partial charge in [-0.1, -0.05) is 19.9 Å². The first kappa shape index (κ1) is 13.2. The van der Waals surface area contributed by atoms with E-state index in [0.29, 0.717) is 0 Å². The zero-order valence-electron chi connectivity index (χ0n) is 6.01. The number of hydrogen-bond acceptors (Lipinski definition) is 3. The van der Waals surface area contributed by atoms with E-state index in [9.17, 15) is 4.79 Å². The third kappa shape index (κ3) is 6.03. The Balaban J connectivity index is 0. The number of rotatable bonds is 2. The van der Waals surface area contributed by atoms with Crippen LogP contribution >= 0.6 is 12.6 Å². The van der Waals surface area contributed by atoms with Crippen LogP contribution in [-0.2, 0) is 4.79 Å². The maximum atomic E-state index is 9.85. The molecule has 0 rings (SSSR count). The molecule has 0 bridgehead atoms. The second kappa shape index (κ2) is 5.29. The standard InChI is InChI=1S/C5H10NOS.K/c1-5(2,8)4(6)3-7;/h4,8H,6H2,1-2H3;/q-1;+1/t4-;/m1./s1. The molecule has 0 fully saturated rings. The van der Waals surface area contributed by atoms with Crippen molar-refractivity contribution in [2.45, 2.75) is 24.6 Å². The van der Waals surface area contributed by atoms with E-state index in [2.05, 4.69) is 12.6 Å². The van der Waals surface area contributed by atoms with Crippen molar-refractivity contribution in [1.29, 1.82) is 0 Å². The molecular formula is C5H10KNOS. The van der Waals surface area contributed by atoms with Crippen molar-refractivity contribution < 1.29 is 56.2 Å². The molecule has 4 heteroatoms. The molecule has 0 saturated heterocycles. The third-order valence-electron chi connectivity index (χ3n) is 0.888. The minimum Gasteiger partial charge on any atom is -0.540 e. The van der Waals surface area contributed by atoms with Gasteiger partial charge in [-0.15, -0.1) is 0 Å². The fourth-order valence-electron chi connectivity index (χ4n) is 0.144. The molecule has 0 amide bonds. The summed E-state index contributed by atoms with van der Waals surface area (Å²) in [6.07, 6.45) is 1.66. The van der Waals surface area contributed by atoms with E-state index < -0.39 is 10.8 Å². The minimum atomic E-state index is -0.592. The fourth-order valence-corrected chi connectivity index (χ4v) is 0.197. The first-order chi connectivity index (χ1) is 3.48. The van der Waals surface area contributed by atoms with E-state index in [1.54, 1.807) is 20.1 Å². The quantitative estimate of drug-likeness (QED) is 0.267. The van der Waals surface area contributed by atoms with Gasteiger partial charge < -0.3 is 10.5 Å². The first-order valence-electron chi connectivity index (χ1n) is 2.34. The van der Waals surface area contributed by atoms with Gasteiger partial charge in [0.1, 0.15) is 0 Å². The number of hydrogen-bond donors (Lipinski definition) is 2. The third-order valence-corrected chi connectivity index (χ3v) is 1.17. The molecule has 0 unspecified atom stereocenters. The van der Waals surface area contributed by atoms with Gasteiger partial charge in [0.05, 0.1) is 0 Å². The predicted octanol–water partition coefficient (Wildman–Crippen LogP) is -2.86. The molecule has 0 aromatic heterocycles. The smallest absolute Gasteiger partial charge is 0.540 e. The summed E-state index contributed by atoms with van der Waals surface area (Å²) in [6, 6.07) is -0.592. The van der Waals surface area contributed by atoms with Crippen molar-refractivity contribution in [1.82, 2.24) is 0 Å². The maximum absolute atomic E-state index is 9.85. The van der Waals surface area contributed by atoms with E-state index in [-0.39, 0.29) is 51.4 Å². The van der Waals surface area contributed by atoms with Crippen LogP contribution in [0.5, 0.6) is 0 Å². The zero-order valence-corrected chi connectivity index (χ0v) is 10.0. The van der Waals surface area contributed by atoms with Crippen molar-refractivity contribution in [2.24, 2.45) is 5.73 Å². The predicted molar refractivity (Wildman–Crippen MR) is 36.7 cm³/mol. The Morgan fingerprint density at radius 1 is 1.67 bits per heavy atom. The summed E-state index contributed by atoms with van der Waals surface area (Å²) >= 11 is 4.04. The van der Waals surface area contributed by atoms with Gasteiger partial charge in [0.15, 0.2) is 0 Å². The molecule has 0 spiro atoms. The van der Waals surface area contributed by atoms with Crippen LogP contribution in [0, 0.1) is 0 Å². The SMILES string of the molecule is CC(C)(S)[C@H](N)[C-]=O.[K+]. The second-order valence-corrected chi connectivity index (χ2v) is 3.40. The van der Waals surface area contributed by atoms with Crippen molar-refractivity contribution in [3.05, 3.63) is 0 Å². The molecule has 0 aliphatic rings. The molecule has 0 aromatic rings. The van der Waals surface area contributed by atoms with Crippen LogP contribution in [-0.4, -0.2) is 17.1 Å². The number of thiol groups is 1. The van der Waals surface area contributed by atoms with Crippen molar-refractivity contribution >= 4 is 18.9 Å².